The van der Waals surface area contributed by atoms with Crippen LogP contribution in [-0.4, -0.2) is 0 Å². The van der Waals surface area contributed by atoms with Gasteiger partial charge in [0, 0.05) is 5.92 Å². The van der Waals surface area contributed by atoms with Gasteiger partial charge >= 0.3 is 0 Å². The third-order valence-electron chi connectivity index (χ3n) is 2.08. The van der Waals surface area contributed by atoms with Crippen molar-refractivity contribution in [2.24, 2.45) is 5.73 Å². The first-order chi connectivity index (χ1) is 5.27. The fourth-order valence-corrected chi connectivity index (χ4v) is 1.20. The summed E-state index contributed by atoms with van der Waals surface area (Å²) in [6, 6.07) is 4.07. The minimum atomic E-state index is 0.0301. The van der Waals surface area contributed by atoms with E-state index in [0.717, 1.165) is 11.5 Å². The van der Waals surface area contributed by atoms with Crippen LogP contribution >= 0.6 is 0 Å². The summed E-state index contributed by atoms with van der Waals surface area (Å²) in [6.45, 7) is 1.94. The van der Waals surface area contributed by atoms with Crippen molar-refractivity contribution in [1.82, 2.24) is 0 Å². The van der Waals surface area contributed by atoms with Gasteiger partial charge in [0.05, 0.1) is 6.04 Å². The molecule has 0 amide bonds. The van der Waals surface area contributed by atoms with Gasteiger partial charge in [-0.2, -0.15) is 0 Å². The molecular formula is C9H13NO. The van der Waals surface area contributed by atoms with E-state index in [1.54, 1.807) is 0 Å². The Morgan fingerprint density at radius 2 is 2.27 bits per heavy atom. The van der Waals surface area contributed by atoms with E-state index in [2.05, 4.69) is 6.07 Å². The zero-order chi connectivity index (χ0) is 7.84. The average molecular weight is 151 g/mol. The average Bonchev–Trinajstić information content (AvgIpc) is 2.68. The second-order valence-electron chi connectivity index (χ2n) is 3.30. The summed E-state index contributed by atoms with van der Waals surface area (Å²) >= 11 is 0. The van der Waals surface area contributed by atoms with Crippen molar-refractivity contribution >= 4 is 0 Å². The highest BCUT2D eigenvalue weighted by atomic mass is 16.3. The molecule has 0 aliphatic heterocycles. The number of hydrogen-bond acceptors (Lipinski definition) is 2. The van der Waals surface area contributed by atoms with E-state index in [-0.39, 0.29) is 6.04 Å². The highest BCUT2D eigenvalue weighted by Crippen LogP contribution is 2.41. The highest BCUT2D eigenvalue weighted by Gasteiger charge is 2.26. The van der Waals surface area contributed by atoms with E-state index in [9.17, 15) is 0 Å². The molecule has 1 aliphatic rings. The molecule has 1 aliphatic carbocycles. The van der Waals surface area contributed by atoms with Gasteiger partial charge in [0.15, 0.2) is 0 Å². The lowest BCUT2D eigenvalue weighted by molar-refractivity contribution is 0.443. The fraction of sp³-hybridized carbons (Fsp3) is 0.556. The minimum absolute atomic E-state index is 0.0301. The van der Waals surface area contributed by atoms with Gasteiger partial charge in [-0.15, -0.1) is 0 Å². The van der Waals surface area contributed by atoms with Crippen molar-refractivity contribution in [2.75, 3.05) is 0 Å². The molecule has 1 heterocycles. The first kappa shape index (κ1) is 6.92. The van der Waals surface area contributed by atoms with Gasteiger partial charge in [0.1, 0.15) is 11.5 Å². The first-order valence-corrected chi connectivity index (χ1v) is 4.12. The molecule has 0 unspecified atom stereocenters. The maximum atomic E-state index is 5.65. The smallest absolute Gasteiger partial charge is 0.120 e. The molecule has 11 heavy (non-hydrogen) atoms. The van der Waals surface area contributed by atoms with Crippen LogP contribution in [0.4, 0.5) is 0 Å². The van der Waals surface area contributed by atoms with Crippen molar-refractivity contribution < 1.29 is 4.42 Å². The maximum Gasteiger partial charge on any atom is 0.120 e. The van der Waals surface area contributed by atoms with Gasteiger partial charge in [0.2, 0.25) is 0 Å². The van der Waals surface area contributed by atoms with E-state index in [1.165, 1.54) is 12.8 Å². The number of hydrogen-bond donors (Lipinski definition) is 1. The number of rotatable bonds is 2. The maximum absolute atomic E-state index is 5.65. The zero-order valence-corrected chi connectivity index (χ0v) is 6.71. The summed E-state index contributed by atoms with van der Waals surface area (Å²) in [5, 5.41) is 0. The van der Waals surface area contributed by atoms with Crippen LogP contribution in [0.3, 0.4) is 0 Å². The lowest BCUT2D eigenvalue weighted by Crippen LogP contribution is -2.02. The molecule has 1 atom stereocenters. The molecule has 0 radical (unpaired) electrons. The van der Waals surface area contributed by atoms with E-state index < -0.39 is 0 Å². The van der Waals surface area contributed by atoms with Crippen LogP contribution in [0.1, 0.15) is 43.2 Å². The monoisotopic (exact) mass is 151 g/mol. The minimum Gasteiger partial charge on any atom is -0.464 e. The molecule has 1 aromatic rings. The first-order valence-electron chi connectivity index (χ1n) is 4.12. The second kappa shape index (κ2) is 2.38. The van der Waals surface area contributed by atoms with Gasteiger partial charge in [-0.1, -0.05) is 0 Å². The van der Waals surface area contributed by atoms with Crippen LogP contribution in [0.2, 0.25) is 0 Å². The molecule has 0 spiro atoms. The van der Waals surface area contributed by atoms with E-state index in [4.69, 9.17) is 10.2 Å². The third kappa shape index (κ3) is 1.31. The molecule has 2 heteroatoms. The SMILES string of the molecule is C[C@@H](N)c1ccc(C2CC2)o1. The standard InChI is InChI=1S/C9H13NO/c1-6(10)8-4-5-9(11-8)7-2-3-7/h4-7H,2-3,10H2,1H3/t6-/m1/s1. The highest BCUT2D eigenvalue weighted by molar-refractivity contribution is 5.16. The number of furan rings is 1. The van der Waals surface area contributed by atoms with Crippen molar-refractivity contribution in [3.8, 4) is 0 Å². The Kier molecular flexibility index (Phi) is 1.50. The van der Waals surface area contributed by atoms with Crippen molar-refractivity contribution in [1.29, 1.82) is 0 Å². The molecule has 0 aromatic carbocycles. The summed E-state index contributed by atoms with van der Waals surface area (Å²) in [5.41, 5.74) is 5.65. The largest absolute Gasteiger partial charge is 0.464 e. The van der Waals surface area contributed by atoms with Crippen LogP contribution in [-0.2, 0) is 0 Å². The fourth-order valence-electron chi connectivity index (χ4n) is 1.20. The Balaban J connectivity index is 2.18. The molecule has 0 saturated heterocycles. The Morgan fingerprint density at radius 1 is 1.55 bits per heavy atom. The van der Waals surface area contributed by atoms with Gasteiger partial charge in [-0.05, 0) is 31.9 Å². The molecule has 0 bridgehead atoms. The van der Waals surface area contributed by atoms with Crippen LogP contribution in [0, 0.1) is 0 Å². The zero-order valence-electron chi connectivity index (χ0n) is 6.71. The summed E-state index contributed by atoms with van der Waals surface area (Å²) in [5.74, 6) is 2.73. The summed E-state index contributed by atoms with van der Waals surface area (Å²) in [6.07, 6.45) is 2.57. The van der Waals surface area contributed by atoms with Crippen LogP contribution in [0.25, 0.3) is 0 Å². The molecular weight excluding hydrogens is 138 g/mol. The number of nitrogens with two attached hydrogens (primary N) is 1. The molecule has 1 fully saturated rings. The van der Waals surface area contributed by atoms with Gasteiger partial charge in [-0.3, -0.25) is 0 Å². The van der Waals surface area contributed by atoms with Gasteiger partial charge in [0.25, 0.3) is 0 Å². The third-order valence-corrected chi connectivity index (χ3v) is 2.08. The Bertz CT molecular complexity index is 231. The van der Waals surface area contributed by atoms with Crippen LogP contribution < -0.4 is 5.73 Å². The molecule has 2 rings (SSSR count). The predicted molar refractivity (Wildman–Crippen MR) is 43.3 cm³/mol. The summed E-state index contributed by atoms with van der Waals surface area (Å²) in [7, 11) is 0. The van der Waals surface area contributed by atoms with E-state index >= 15 is 0 Å². The van der Waals surface area contributed by atoms with E-state index in [0.29, 0.717) is 5.92 Å². The molecule has 2 N–H and O–H groups in total. The lowest BCUT2D eigenvalue weighted by atomic mass is 10.3. The summed E-state index contributed by atoms with van der Waals surface area (Å²) in [4.78, 5) is 0. The molecule has 2 nitrogen and oxygen atoms in total. The molecule has 1 aromatic heterocycles. The normalized spacial score (nSPS) is 20.2. The second-order valence-corrected chi connectivity index (χ2v) is 3.30. The topological polar surface area (TPSA) is 39.2 Å². The Morgan fingerprint density at radius 3 is 2.73 bits per heavy atom. The quantitative estimate of drug-likeness (QED) is 0.703. The summed E-state index contributed by atoms with van der Waals surface area (Å²) < 4.78 is 5.54. The Labute approximate surface area is 66.4 Å². The van der Waals surface area contributed by atoms with Gasteiger partial charge < -0.3 is 10.2 Å². The van der Waals surface area contributed by atoms with Crippen molar-refractivity contribution in [3.05, 3.63) is 23.7 Å². The van der Waals surface area contributed by atoms with Crippen molar-refractivity contribution in [2.45, 2.75) is 31.7 Å². The molecule has 60 valence electrons. The molecule has 1 saturated carbocycles. The predicted octanol–water partition coefficient (Wildman–Crippen LogP) is 2.18. The van der Waals surface area contributed by atoms with Crippen molar-refractivity contribution in [3.63, 3.8) is 0 Å². The lowest BCUT2D eigenvalue weighted by Gasteiger charge is -1.98. The van der Waals surface area contributed by atoms with Crippen LogP contribution in [0.15, 0.2) is 16.5 Å². The van der Waals surface area contributed by atoms with E-state index in [1.807, 2.05) is 13.0 Å². The Hall–Kier alpha value is -0.760. The van der Waals surface area contributed by atoms with Gasteiger partial charge in [-0.25, -0.2) is 0 Å². The van der Waals surface area contributed by atoms with Crippen LogP contribution in [0.5, 0.6) is 0 Å².